The molecule has 10 rings (SSSR count). The van der Waals surface area contributed by atoms with Gasteiger partial charge in [0, 0.05) is 33.6 Å². The minimum Gasteiger partial charge on any atom is -0.310 e. The van der Waals surface area contributed by atoms with Gasteiger partial charge in [0.15, 0.2) is 0 Å². The lowest BCUT2D eigenvalue weighted by atomic mass is 9.67. The highest BCUT2D eigenvalue weighted by Crippen LogP contribution is 2.53. The van der Waals surface area contributed by atoms with E-state index in [1.165, 1.54) is 72.2 Å². The van der Waals surface area contributed by atoms with Gasteiger partial charge in [0.1, 0.15) is 0 Å². The van der Waals surface area contributed by atoms with Crippen LogP contribution in [0.3, 0.4) is 0 Å². The fourth-order valence-electron chi connectivity index (χ4n) is 8.32. The highest BCUT2D eigenvalue weighted by molar-refractivity contribution is 5.99. The van der Waals surface area contributed by atoms with Gasteiger partial charge in [0.05, 0.1) is 22.8 Å². The first kappa shape index (κ1) is 28.6. The van der Waals surface area contributed by atoms with Gasteiger partial charge in [-0.3, -0.25) is 0 Å². The van der Waals surface area contributed by atoms with Crippen molar-refractivity contribution in [2.45, 2.75) is 6.42 Å². The molecule has 0 saturated carbocycles. The normalized spacial score (nSPS) is 17.4. The minimum absolute atomic E-state index is 0.144. The maximum Gasteiger partial charge on any atom is 0.0540 e. The lowest BCUT2D eigenvalue weighted by Crippen LogP contribution is -2.31. The summed E-state index contributed by atoms with van der Waals surface area (Å²) in [6.45, 7) is 0. The van der Waals surface area contributed by atoms with Gasteiger partial charge in [0.25, 0.3) is 0 Å². The van der Waals surface area contributed by atoms with Crippen molar-refractivity contribution in [3.8, 4) is 0 Å². The summed E-state index contributed by atoms with van der Waals surface area (Å²) in [5, 5.41) is 4.96. The van der Waals surface area contributed by atoms with Crippen LogP contribution >= 0.6 is 0 Å². The van der Waals surface area contributed by atoms with E-state index < -0.39 is 0 Å². The van der Waals surface area contributed by atoms with Crippen LogP contribution in [0.2, 0.25) is 0 Å². The van der Waals surface area contributed by atoms with Crippen LogP contribution in [0.5, 0.6) is 0 Å². The molecular formula is C48H34N2. The molecule has 6 aromatic rings. The van der Waals surface area contributed by atoms with Crippen molar-refractivity contribution < 1.29 is 0 Å². The summed E-state index contributed by atoms with van der Waals surface area (Å²) >= 11 is 0. The summed E-state index contributed by atoms with van der Waals surface area (Å²) in [7, 11) is 0. The maximum atomic E-state index is 2.48. The first-order chi connectivity index (χ1) is 24.8. The number of nitrogens with zero attached hydrogens (tertiary/aromatic N) is 2. The van der Waals surface area contributed by atoms with Gasteiger partial charge in [0.2, 0.25) is 0 Å². The van der Waals surface area contributed by atoms with Crippen molar-refractivity contribution in [2.24, 2.45) is 5.92 Å². The van der Waals surface area contributed by atoms with Gasteiger partial charge in [-0.05, 0) is 82.0 Å². The first-order valence-electron chi connectivity index (χ1n) is 17.5. The molecule has 2 nitrogen and oxygen atoms in total. The Balaban J connectivity index is 1.15. The van der Waals surface area contributed by atoms with Gasteiger partial charge >= 0.3 is 0 Å². The Bertz CT molecular complexity index is 2550. The van der Waals surface area contributed by atoms with Crippen LogP contribution in [0.15, 0.2) is 227 Å². The molecule has 236 valence electrons. The van der Waals surface area contributed by atoms with E-state index in [-0.39, 0.29) is 5.92 Å². The third-order valence-electron chi connectivity index (χ3n) is 10.5. The molecule has 0 bridgehead atoms. The van der Waals surface area contributed by atoms with Crippen LogP contribution in [-0.4, -0.2) is 0 Å². The molecule has 0 heterocycles. The number of fused-ring (bicyclic) bond motifs is 2. The molecule has 0 saturated heterocycles. The molecule has 0 N–H and O–H groups in total. The quantitative estimate of drug-likeness (QED) is 0.179. The second-order valence-electron chi connectivity index (χ2n) is 13.3. The Labute approximate surface area is 292 Å². The average Bonchev–Trinajstić information content (AvgIpc) is 3.19. The van der Waals surface area contributed by atoms with Crippen LogP contribution in [0.1, 0.15) is 6.42 Å². The van der Waals surface area contributed by atoms with Crippen LogP contribution in [0.4, 0.5) is 22.7 Å². The standard InChI is InChI=1S/C48H34N2/c1-3-17-37(18-4-1)49(43-23-11-15-33-13-7-9-21-39(33)43)45-31-27-35-26-30-42-46(32-28-36-25-29-41(45)47(35)48(36)42)50(38-19-5-2-6-20-38)44-24-12-16-34-14-8-10-22-40(34)44/h1-27,29-32,47H,28H2. The van der Waals surface area contributed by atoms with Crippen LogP contribution in [0.25, 0.3) is 21.5 Å². The third kappa shape index (κ3) is 4.49. The van der Waals surface area contributed by atoms with E-state index in [9.17, 15) is 0 Å². The number of para-hydroxylation sites is 2. The summed E-state index contributed by atoms with van der Waals surface area (Å²) < 4.78 is 0. The van der Waals surface area contributed by atoms with Crippen molar-refractivity contribution in [3.05, 3.63) is 227 Å². The molecule has 0 fully saturated rings. The third-order valence-corrected chi connectivity index (χ3v) is 10.5. The molecule has 4 aliphatic rings. The van der Waals surface area contributed by atoms with Gasteiger partial charge in [-0.25, -0.2) is 0 Å². The minimum atomic E-state index is 0.144. The molecular weight excluding hydrogens is 605 g/mol. The smallest absolute Gasteiger partial charge is 0.0540 e. The lowest BCUT2D eigenvalue weighted by Gasteiger charge is -2.43. The van der Waals surface area contributed by atoms with Crippen LogP contribution in [0, 0.1) is 5.92 Å². The summed E-state index contributed by atoms with van der Waals surface area (Å²) in [5.74, 6) is 0.144. The van der Waals surface area contributed by atoms with E-state index in [1.807, 2.05) is 0 Å². The summed E-state index contributed by atoms with van der Waals surface area (Å²) in [6.07, 6.45) is 17.5. The number of hydrogen-bond acceptors (Lipinski definition) is 2. The van der Waals surface area contributed by atoms with E-state index in [0.29, 0.717) is 0 Å². The Kier molecular flexibility index (Phi) is 6.67. The molecule has 1 unspecified atom stereocenters. The van der Waals surface area contributed by atoms with E-state index >= 15 is 0 Å². The molecule has 50 heavy (non-hydrogen) atoms. The number of benzene rings is 6. The molecule has 0 aliphatic heterocycles. The number of anilines is 4. The number of rotatable bonds is 6. The van der Waals surface area contributed by atoms with Crippen LogP contribution in [-0.2, 0) is 0 Å². The monoisotopic (exact) mass is 638 g/mol. The zero-order valence-electron chi connectivity index (χ0n) is 27.6. The number of hydrogen-bond donors (Lipinski definition) is 0. The van der Waals surface area contributed by atoms with E-state index in [0.717, 1.165) is 17.8 Å². The predicted octanol–water partition coefficient (Wildman–Crippen LogP) is 12.4. The van der Waals surface area contributed by atoms with E-state index in [2.05, 4.69) is 198 Å². The molecule has 0 radical (unpaired) electrons. The topological polar surface area (TPSA) is 6.48 Å². The Hall–Kier alpha value is -6.38. The number of allylic oxidation sites excluding steroid dienone is 11. The van der Waals surface area contributed by atoms with Crippen molar-refractivity contribution in [1.82, 2.24) is 0 Å². The fourth-order valence-corrected chi connectivity index (χ4v) is 8.32. The summed E-state index contributed by atoms with van der Waals surface area (Å²) in [6, 6.07) is 52.4. The highest BCUT2D eigenvalue weighted by atomic mass is 15.2. The lowest BCUT2D eigenvalue weighted by molar-refractivity contribution is 0.799. The molecule has 2 heteroatoms. The summed E-state index contributed by atoms with van der Waals surface area (Å²) in [4.78, 5) is 4.94. The predicted molar refractivity (Wildman–Crippen MR) is 210 cm³/mol. The van der Waals surface area contributed by atoms with Crippen molar-refractivity contribution >= 4 is 44.3 Å². The first-order valence-corrected chi connectivity index (χ1v) is 17.5. The largest absolute Gasteiger partial charge is 0.310 e. The molecule has 4 aliphatic carbocycles. The Morgan fingerprint density at radius 1 is 0.460 bits per heavy atom. The fraction of sp³-hybridized carbons (Fsp3) is 0.0417. The van der Waals surface area contributed by atoms with Gasteiger partial charge < -0.3 is 9.80 Å². The molecule has 6 aromatic carbocycles. The van der Waals surface area contributed by atoms with Crippen molar-refractivity contribution in [2.75, 3.05) is 9.80 Å². The van der Waals surface area contributed by atoms with E-state index in [4.69, 9.17) is 0 Å². The van der Waals surface area contributed by atoms with Crippen molar-refractivity contribution in [3.63, 3.8) is 0 Å². The maximum absolute atomic E-state index is 2.48. The highest BCUT2D eigenvalue weighted by Gasteiger charge is 2.39. The van der Waals surface area contributed by atoms with Gasteiger partial charge in [-0.2, -0.15) is 0 Å². The summed E-state index contributed by atoms with van der Waals surface area (Å²) in [5.41, 5.74) is 13.9. The average molecular weight is 639 g/mol. The second kappa shape index (κ2) is 11.6. The second-order valence-corrected chi connectivity index (χ2v) is 13.3. The molecule has 0 amide bonds. The zero-order valence-corrected chi connectivity index (χ0v) is 27.6. The molecule has 1 atom stereocenters. The van der Waals surface area contributed by atoms with Gasteiger partial charge in [-0.15, -0.1) is 0 Å². The SMILES string of the molecule is C1=CC2=C3C(=CC=C4C(N(c5ccccc5)c5cccc6ccccc56)=CC=C1C43)CC=C2N(c1ccccc1)c1cccc2ccccc12. The van der Waals surface area contributed by atoms with Crippen molar-refractivity contribution in [1.29, 1.82) is 0 Å². The zero-order chi connectivity index (χ0) is 33.0. The molecule has 0 aromatic heterocycles. The Morgan fingerprint density at radius 2 is 1.02 bits per heavy atom. The van der Waals surface area contributed by atoms with Gasteiger partial charge in [-0.1, -0.05) is 146 Å². The Morgan fingerprint density at radius 3 is 1.66 bits per heavy atom. The molecule has 0 spiro atoms. The van der Waals surface area contributed by atoms with E-state index in [1.54, 1.807) is 0 Å². The van der Waals surface area contributed by atoms with Crippen LogP contribution < -0.4 is 9.80 Å².